The van der Waals surface area contributed by atoms with Crippen LogP contribution in [0, 0.1) is 5.92 Å². The highest BCUT2D eigenvalue weighted by Crippen LogP contribution is 2.13. The van der Waals surface area contributed by atoms with E-state index in [1.807, 2.05) is 18.7 Å². The van der Waals surface area contributed by atoms with Crippen LogP contribution >= 0.6 is 0 Å². The van der Waals surface area contributed by atoms with Gasteiger partial charge in [0.25, 0.3) is 0 Å². The van der Waals surface area contributed by atoms with Crippen molar-refractivity contribution in [1.82, 2.24) is 10.2 Å². The van der Waals surface area contributed by atoms with Crippen molar-refractivity contribution in [2.24, 2.45) is 5.92 Å². The van der Waals surface area contributed by atoms with Crippen LogP contribution in [0.1, 0.15) is 26.7 Å². The molecular formula is C11H20N2O3. The van der Waals surface area contributed by atoms with Gasteiger partial charge in [0, 0.05) is 25.0 Å². The highest BCUT2D eigenvalue weighted by molar-refractivity contribution is 5.78. The number of carbonyl (C=O) groups excluding carboxylic acids is 2. The van der Waals surface area contributed by atoms with E-state index in [0.717, 1.165) is 12.8 Å². The van der Waals surface area contributed by atoms with Gasteiger partial charge in [0.1, 0.15) is 0 Å². The van der Waals surface area contributed by atoms with Crippen molar-refractivity contribution in [3.05, 3.63) is 0 Å². The molecule has 5 nitrogen and oxygen atoms in total. The second-order valence-corrected chi connectivity index (χ2v) is 4.39. The van der Waals surface area contributed by atoms with Crippen molar-refractivity contribution in [3.8, 4) is 0 Å². The highest BCUT2D eigenvalue weighted by Gasteiger charge is 2.24. The van der Waals surface area contributed by atoms with E-state index in [0.29, 0.717) is 13.1 Å². The first-order valence-electron chi connectivity index (χ1n) is 5.68. The summed E-state index contributed by atoms with van der Waals surface area (Å²) in [5.41, 5.74) is 0. The van der Waals surface area contributed by atoms with Crippen LogP contribution in [0.3, 0.4) is 0 Å². The van der Waals surface area contributed by atoms with Crippen LogP contribution in [0.25, 0.3) is 0 Å². The maximum absolute atomic E-state index is 11.7. The summed E-state index contributed by atoms with van der Waals surface area (Å²) in [5, 5.41) is 2.76. The number of hydrogen-bond donors (Lipinski definition) is 1. The number of ether oxygens (including phenoxy) is 1. The number of alkyl carbamates (subject to hydrolysis) is 1. The van der Waals surface area contributed by atoms with Crippen LogP contribution in [0.15, 0.2) is 0 Å². The first kappa shape index (κ1) is 12.8. The molecular weight excluding hydrogens is 208 g/mol. The molecule has 0 aromatic carbocycles. The molecule has 1 heterocycles. The maximum atomic E-state index is 11.7. The van der Waals surface area contributed by atoms with Crippen LogP contribution in [0.2, 0.25) is 0 Å². The number of methoxy groups -OCH3 is 1. The fourth-order valence-electron chi connectivity index (χ4n) is 1.83. The summed E-state index contributed by atoms with van der Waals surface area (Å²) in [7, 11) is 1.35. The third-order valence-electron chi connectivity index (χ3n) is 2.81. The SMILES string of the molecule is COC(=O)NC1CCN(C(=O)C(C)C)CC1. The Labute approximate surface area is 96.1 Å². The standard InChI is InChI=1S/C11H20N2O3/c1-8(2)10(14)13-6-4-9(5-7-13)12-11(15)16-3/h8-9H,4-7H2,1-3H3,(H,12,15). The number of likely N-dealkylation sites (tertiary alicyclic amines) is 1. The number of rotatable bonds is 2. The molecule has 1 rings (SSSR count). The molecule has 1 N–H and O–H groups in total. The van der Waals surface area contributed by atoms with Gasteiger partial charge in [-0.15, -0.1) is 0 Å². The van der Waals surface area contributed by atoms with Gasteiger partial charge in [-0.1, -0.05) is 13.8 Å². The van der Waals surface area contributed by atoms with Gasteiger partial charge in [-0.2, -0.15) is 0 Å². The van der Waals surface area contributed by atoms with Gasteiger partial charge in [0.05, 0.1) is 7.11 Å². The number of hydrogen-bond acceptors (Lipinski definition) is 3. The van der Waals surface area contributed by atoms with Gasteiger partial charge in [-0.05, 0) is 12.8 Å². The molecule has 92 valence electrons. The molecule has 0 aromatic heterocycles. The molecule has 1 aliphatic heterocycles. The molecule has 0 spiro atoms. The summed E-state index contributed by atoms with van der Waals surface area (Å²) in [6.45, 7) is 5.24. The predicted molar refractivity (Wildman–Crippen MR) is 60.0 cm³/mol. The summed E-state index contributed by atoms with van der Waals surface area (Å²) in [5.74, 6) is 0.238. The molecule has 1 saturated heterocycles. The van der Waals surface area contributed by atoms with E-state index in [4.69, 9.17) is 0 Å². The lowest BCUT2D eigenvalue weighted by atomic mass is 10.0. The van der Waals surface area contributed by atoms with E-state index >= 15 is 0 Å². The van der Waals surface area contributed by atoms with E-state index < -0.39 is 6.09 Å². The summed E-state index contributed by atoms with van der Waals surface area (Å²) < 4.78 is 4.53. The van der Waals surface area contributed by atoms with Gasteiger partial charge in [-0.3, -0.25) is 4.79 Å². The summed E-state index contributed by atoms with van der Waals surface area (Å²) in [6.07, 6.45) is 1.20. The Kier molecular flexibility index (Phi) is 4.58. The molecule has 0 aromatic rings. The molecule has 0 bridgehead atoms. The molecule has 0 unspecified atom stereocenters. The van der Waals surface area contributed by atoms with Crippen LogP contribution in [-0.2, 0) is 9.53 Å². The number of amides is 2. The molecule has 1 fully saturated rings. The number of piperidine rings is 1. The molecule has 1 aliphatic rings. The Morgan fingerprint density at radius 1 is 1.31 bits per heavy atom. The molecule has 0 atom stereocenters. The average Bonchev–Trinajstić information content (AvgIpc) is 2.28. The third-order valence-corrected chi connectivity index (χ3v) is 2.81. The topological polar surface area (TPSA) is 58.6 Å². The zero-order valence-corrected chi connectivity index (χ0v) is 10.2. The molecule has 0 saturated carbocycles. The molecule has 16 heavy (non-hydrogen) atoms. The third kappa shape index (κ3) is 3.40. The zero-order chi connectivity index (χ0) is 12.1. The predicted octanol–water partition coefficient (Wildman–Crippen LogP) is 0.989. The van der Waals surface area contributed by atoms with Gasteiger partial charge in [0.15, 0.2) is 0 Å². The minimum Gasteiger partial charge on any atom is -0.453 e. The summed E-state index contributed by atoms with van der Waals surface area (Å²) in [4.78, 5) is 24.5. The molecule has 0 aliphatic carbocycles. The van der Waals surface area contributed by atoms with Crippen LogP contribution in [0.4, 0.5) is 4.79 Å². The lowest BCUT2D eigenvalue weighted by Gasteiger charge is -2.33. The molecule has 0 radical (unpaired) electrons. The van der Waals surface area contributed by atoms with Crippen LogP contribution in [-0.4, -0.2) is 43.1 Å². The van der Waals surface area contributed by atoms with Gasteiger partial charge in [0.2, 0.25) is 5.91 Å². The number of nitrogens with zero attached hydrogens (tertiary/aromatic N) is 1. The second kappa shape index (κ2) is 5.72. The first-order chi connectivity index (χ1) is 7.54. The Bertz CT molecular complexity index is 258. The molecule has 2 amide bonds. The largest absolute Gasteiger partial charge is 0.453 e. The minimum absolute atomic E-state index is 0.0464. The van der Waals surface area contributed by atoms with Crippen molar-refractivity contribution in [3.63, 3.8) is 0 Å². The van der Waals surface area contributed by atoms with Crippen LogP contribution < -0.4 is 5.32 Å². The van der Waals surface area contributed by atoms with Gasteiger partial charge >= 0.3 is 6.09 Å². The van der Waals surface area contributed by atoms with Crippen molar-refractivity contribution >= 4 is 12.0 Å². The fourth-order valence-corrected chi connectivity index (χ4v) is 1.83. The maximum Gasteiger partial charge on any atom is 0.407 e. The molecule has 5 heteroatoms. The van der Waals surface area contributed by atoms with E-state index in [2.05, 4.69) is 10.1 Å². The van der Waals surface area contributed by atoms with Crippen molar-refractivity contribution in [2.45, 2.75) is 32.7 Å². The quantitative estimate of drug-likeness (QED) is 0.766. The van der Waals surface area contributed by atoms with E-state index in [-0.39, 0.29) is 17.9 Å². The second-order valence-electron chi connectivity index (χ2n) is 4.39. The summed E-state index contributed by atoms with van der Waals surface area (Å²) >= 11 is 0. The number of carbonyl (C=O) groups is 2. The Balaban J connectivity index is 2.34. The normalized spacial score (nSPS) is 17.4. The fraction of sp³-hybridized carbons (Fsp3) is 0.818. The first-order valence-corrected chi connectivity index (χ1v) is 5.68. The Morgan fingerprint density at radius 3 is 2.31 bits per heavy atom. The van der Waals surface area contributed by atoms with Crippen molar-refractivity contribution in [1.29, 1.82) is 0 Å². The zero-order valence-electron chi connectivity index (χ0n) is 10.2. The average molecular weight is 228 g/mol. The van der Waals surface area contributed by atoms with Crippen LogP contribution in [0.5, 0.6) is 0 Å². The lowest BCUT2D eigenvalue weighted by molar-refractivity contribution is -0.135. The van der Waals surface area contributed by atoms with E-state index in [1.54, 1.807) is 0 Å². The van der Waals surface area contributed by atoms with Gasteiger partial charge in [-0.25, -0.2) is 4.79 Å². The monoisotopic (exact) mass is 228 g/mol. The smallest absolute Gasteiger partial charge is 0.407 e. The number of nitrogens with one attached hydrogen (secondary N) is 1. The highest BCUT2D eigenvalue weighted by atomic mass is 16.5. The summed E-state index contributed by atoms with van der Waals surface area (Å²) in [6, 6.07) is 0.128. The van der Waals surface area contributed by atoms with Crippen molar-refractivity contribution < 1.29 is 14.3 Å². The van der Waals surface area contributed by atoms with E-state index in [1.165, 1.54) is 7.11 Å². The van der Waals surface area contributed by atoms with E-state index in [9.17, 15) is 9.59 Å². The Morgan fingerprint density at radius 2 is 1.88 bits per heavy atom. The van der Waals surface area contributed by atoms with Gasteiger partial charge < -0.3 is 15.0 Å². The van der Waals surface area contributed by atoms with Crippen molar-refractivity contribution in [2.75, 3.05) is 20.2 Å². The lowest BCUT2D eigenvalue weighted by Crippen LogP contribution is -2.47. The Hall–Kier alpha value is -1.26. The minimum atomic E-state index is -0.395.